The first-order valence-corrected chi connectivity index (χ1v) is 15.9. The second-order valence-electron chi connectivity index (χ2n) is 13.0. The van der Waals surface area contributed by atoms with Crippen LogP contribution in [0.5, 0.6) is 0 Å². The van der Waals surface area contributed by atoms with Crippen molar-refractivity contribution in [1.29, 1.82) is 0 Å². The van der Waals surface area contributed by atoms with Crippen molar-refractivity contribution in [1.82, 2.24) is 20.1 Å². The number of hydrogen-bond acceptors (Lipinski definition) is 5. The molecule has 238 valence electrons. The van der Waals surface area contributed by atoms with Crippen molar-refractivity contribution in [2.24, 2.45) is 5.73 Å². The Labute approximate surface area is 261 Å². The van der Waals surface area contributed by atoms with Gasteiger partial charge in [-0.1, -0.05) is 62.4 Å². The van der Waals surface area contributed by atoms with Crippen LogP contribution in [0, 0.1) is 0 Å². The van der Waals surface area contributed by atoms with E-state index < -0.39 is 23.7 Å². The summed E-state index contributed by atoms with van der Waals surface area (Å²) in [6.45, 7) is 11.6. The molecule has 9 heteroatoms. The van der Waals surface area contributed by atoms with Gasteiger partial charge in [-0.05, 0) is 76.1 Å². The van der Waals surface area contributed by atoms with Crippen molar-refractivity contribution in [3.8, 4) is 0 Å². The van der Waals surface area contributed by atoms with Crippen LogP contribution in [0.2, 0.25) is 0 Å². The van der Waals surface area contributed by atoms with E-state index in [1.807, 2.05) is 81.3 Å². The highest BCUT2D eigenvalue weighted by molar-refractivity contribution is 5.93. The molecule has 2 heterocycles. The number of nitrogens with two attached hydrogens (primary N) is 1. The molecule has 1 saturated heterocycles. The van der Waals surface area contributed by atoms with E-state index in [1.54, 1.807) is 4.90 Å². The van der Waals surface area contributed by atoms with Gasteiger partial charge in [0.05, 0.1) is 0 Å². The van der Waals surface area contributed by atoms with Gasteiger partial charge in [-0.25, -0.2) is 9.59 Å². The summed E-state index contributed by atoms with van der Waals surface area (Å²) in [6.07, 6.45) is 4.54. The second-order valence-corrected chi connectivity index (χ2v) is 13.0. The lowest BCUT2D eigenvalue weighted by Gasteiger charge is -2.33. The first kappa shape index (κ1) is 33.1. The molecular formula is C35H49N5O4. The third kappa shape index (κ3) is 8.20. The number of nitrogens with one attached hydrogen (secondary N) is 2. The lowest BCUT2D eigenvalue weighted by molar-refractivity contribution is -0.159. The lowest BCUT2D eigenvalue weighted by Crippen LogP contribution is -2.55. The number of para-hydroxylation sites is 1. The number of urea groups is 1. The number of hydrogen-bond donors (Lipinski definition) is 3. The number of esters is 1. The van der Waals surface area contributed by atoms with Crippen molar-refractivity contribution in [3.63, 3.8) is 0 Å². The van der Waals surface area contributed by atoms with Crippen molar-refractivity contribution >= 4 is 28.8 Å². The SMILES string of the molecule is CC(CCN1CCN([C@@H](C(=O)N[C@H](CCCCN)C(=O)OC(C)(C)C)[C@@H](C)c2c[nH]c3ccccc23)C1=O)c1ccccc1. The van der Waals surface area contributed by atoms with Crippen LogP contribution in [-0.4, -0.2) is 76.6 Å². The smallest absolute Gasteiger partial charge is 0.329 e. The van der Waals surface area contributed by atoms with E-state index in [4.69, 9.17) is 10.5 Å². The molecule has 1 aliphatic rings. The highest BCUT2D eigenvalue weighted by Gasteiger charge is 2.42. The molecule has 4 atom stereocenters. The average Bonchev–Trinajstić information content (AvgIpc) is 3.58. The van der Waals surface area contributed by atoms with Crippen LogP contribution in [0.15, 0.2) is 60.8 Å². The fourth-order valence-corrected chi connectivity index (χ4v) is 6.02. The van der Waals surface area contributed by atoms with Gasteiger partial charge in [-0.15, -0.1) is 0 Å². The molecule has 2 aromatic carbocycles. The minimum Gasteiger partial charge on any atom is -0.458 e. The number of carbonyl (C=O) groups is 3. The number of carbonyl (C=O) groups excluding carboxylic acids is 3. The van der Waals surface area contributed by atoms with Crippen molar-refractivity contribution in [2.45, 2.75) is 89.8 Å². The highest BCUT2D eigenvalue weighted by atomic mass is 16.6. The van der Waals surface area contributed by atoms with Gasteiger partial charge in [0.15, 0.2) is 0 Å². The summed E-state index contributed by atoms with van der Waals surface area (Å²) in [5.41, 5.74) is 8.16. The van der Waals surface area contributed by atoms with Crippen molar-refractivity contribution in [3.05, 3.63) is 71.9 Å². The summed E-state index contributed by atoms with van der Waals surface area (Å²) in [7, 11) is 0. The van der Waals surface area contributed by atoms with Gasteiger partial charge >= 0.3 is 12.0 Å². The number of unbranched alkanes of at least 4 members (excludes halogenated alkanes) is 1. The van der Waals surface area contributed by atoms with E-state index in [-0.39, 0.29) is 17.9 Å². The van der Waals surface area contributed by atoms with Gasteiger partial charge in [0.25, 0.3) is 0 Å². The van der Waals surface area contributed by atoms with E-state index in [0.717, 1.165) is 29.3 Å². The second kappa shape index (κ2) is 14.8. The third-order valence-corrected chi connectivity index (χ3v) is 8.47. The minimum absolute atomic E-state index is 0.158. The summed E-state index contributed by atoms with van der Waals surface area (Å²) in [5.74, 6) is -0.892. The summed E-state index contributed by atoms with van der Waals surface area (Å²) >= 11 is 0. The van der Waals surface area contributed by atoms with Gasteiger partial charge < -0.3 is 30.6 Å². The van der Waals surface area contributed by atoms with E-state index in [1.165, 1.54) is 5.56 Å². The molecule has 1 aliphatic heterocycles. The van der Waals surface area contributed by atoms with E-state index in [0.29, 0.717) is 44.9 Å². The molecule has 1 unspecified atom stereocenters. The Morgan fingerprint density at radius 2 is 1.70 bits per heavy atom. The molecule has 4 rings (SSSR count). The highest BCUT2D eigenvalue weighted by Crippen LogP contribution is 2.32. The van der Waals surface area contributed by atoms with Crippen LogP contribution in [0.1, 0.15) is 83.3 Å². The number of benzene rings is 2. The van der Waals surface area contributed by atoms with Gasteiger partial charge in [-0.2, -0.15) is 0 Å². The molecule has 0 radical (unpaired) electrons. The molecule has 0 spiro atoms. The van der Waals surface area contributed by atoms with E-state index in [2.05, 4.69) is 29.4 Å². The molecule has 1 fully saturated rings. The summed E-state index contributed by atoms with van der Waals surface area (Å²) in [4.78, 5) is 48.2. The quantitative estimate of drug-likeness (QED) is 0.165. The molecule has 0 aliphatic carbocycles. The minimum atomic E-state index is -0.841. The fourth-order valence-electron chi connectivity index (χ4n) is 6.02. The van der Waals surface area contributed by atoms with Crippen LogP contribution in [0.25, 0.3) is 10.9 Å². The number of H-pyrrole nitrogens is 1. The number of aromatic nitrogens is 1. The van der Waals surface area contributed by atoms with Crippen LogP contribution >= 0.6 is 0 Å². The van der Waals surface area contributed by atoms with E-state index >= 15 is 0 Å². The lowest BCUT2D eigenvalue weighted by atomic mass is 9.91. The number of rotatable bonds is 14. The topological polar surface area (TPSA) is 121 Å². The standard InChI is InChI=1S/C35H49N5O4/c1-24(26-13-7-6-8-14-26)18-20-39-21-22-40(34(39)43)31(25(2)28-23-37-29-16-10-9-15-27(28)29)32(41)38-30(17-11-12-19-36)33(42)44-35(3,4)5/h6-10,13-16,23-25,30-31,37H,11-12,17-22,36H2,1-5H3,(H,38,41)/t24?,25-,30+,31+/m0/s1. The number of ether oxygens (including phenoxy) is 1. The molecule has 44 heavy (non-hydrogen) atoms. The van der Waals surface area contributed by atoms with Crippen molar-refractivity contribution in [2.75, 3.05) is 26.2 Å². The Kier molecular flexibility index (Phi) is 11.1. The molecular weight excluding hydrogens is 554 g/mol. The molecule has 1 aromatic heterocycles. The van der Waals surface area contributed by atoms with Gasteiger partial charge in [0.2, 0.25) is 5.91 Å². The molecule has 9 nitrogen and oxygen atoms in total. The molecule has 4 N–H and O–H groups in total. The number of amides is 3. The fraction of sp³-hybridized carbons (Fsp3) is 0.514. The zero-order chi connectivity index (χ0) is 31.9. The Balaban J connectivity index is 1.58. The number of aromatic amines is 1. The molecule has 0 saturated carbocycles. The zero-order valence-corrected chi connectivity index (χ0v) is 26.8. The third-order valence-electron chi connectivity index (χ3n) is 8.47. The molecule has 3 amide bonds. The first-order chi connectivity index (χ1) is 21.0. The first-order valence-electron chi connectivity index (χ1n) is 15.9. The predicted molar refractivity (Wildman–Crippen MR) is 174 cm³/mol. The summed E-state index contributed by atoms with van der Waals surface area (Å²) in [6, 6.07) is 16.4. The monoisotopic (exact) mass is 603 g/mol. The molecule has 0 bridgehead atoms. The average molecular weight is 604 g/mol. The maximum Gasteiger partial charge on any atom is 0.329 e. The van der Waals surface area contributed by atoms with E-state index in [9.17, 15) is 14.4 Å². The van der Waals surface area contributed by atoms with Crippen LogP contribution in [0.3, 0.4) is 0 Å². The Morgan fingerprint density at radius 3 is 2.41 bits per heavy atom. The number of nitrogens with zero attached hydrogens (tertiary/aromatic N) is 2. The Hall–Kier alpha value is -3.85. The van der Waals surface area contributed by atoms with Gasteiger partial charge in [-0.3, -0.25) is 4.79 Å². The van der Waals surface area contributed by atoms with Crippen molar-refractivity contribution < 1.29 is 19.1 Å². The summed E-state index contributed by atoms with van der Waals surface area (Å²) in [5, 5.41) is 4.00. The number of fused-ring (bicyclic) bond motifs is 1. The Morgan fingerprint density at radius 1 is 1.00 bits per heavy atom. The largest absolute Gasteiger partial charge is 0.458 e. The zero-order valence-electron chi connectivity index (χ0n) is 26.8. The summed E-state index contributed by atoms with van der Waals surface area (Å²) < 4.78 is 5.68. The normalized spacial score (nSPS) is 16.5. The van der Waals surface area contributed by atoms with Crippen LogP contribution in [-0.2, 0) is 14.3 Å². The predicted octanol–water partition coefficient (Wildman–Crippen LogP) is 5.53. The Bertz CT molecular complexity index is 1400. The maximum absolute atomic E-state index is 14.3. The van der Waals surface area contributed by atoms with Gasteiger partial charge in [0, 0.05) is 42.7 Å². The van der Waals surface area contributed by atoms with Gasteiger partial charge in [0.1, 0.15) is 17.7 Å². The van der Waals surface area contributed by atoms with Crippen LogP contribution in [0.4, 0.5) is 4.79 Å². The van der Waals surface area contributed by atoms with Crippen LogP contribution < -0.4 is 11.1 Å². The molecule has 3 aromatic rings. The maximum atomic E-state index is 14.3.